The quantitative estimate of drug-likeness (QED) is 0.148. The maximum Gasteiger partial charge on any atom is 0.135 e. The summed E-state index contributed by atoms with van der Waals surface area (Å²) in [5.74, 6) is 2.03. The van der Waals surface area contributed by atoms with Crippen molar-refractivity contribution >= 4 is 44.6 Å². The van der Waals surface area contributed by atoms with E-state index in [1.165, 1.54) is 5.56 Å². The van der Waals surface area contributed by atoms with E-state index in [4.69, 9.17) is 14.7 Å². The van der Waals surface area contributed by atoms with Crippen LogP contribution >= 0.6 is 0 Å². The van der Waals surface area contributed by atoms with Crippen LogP contribution in [0.15, 0.2) is 140 Å². The van der Waals surface area contributed by atoms with Gasteiger partial charge in [-0.15, -0.1) is 48.1 Å². The number of benzene rings is 5. The number of aromatic nitrogens is 4. The van der Waals surface area contributed by atoms with Gasteiger partial charge in [-0.25, -0.2) is 4.98 Å². The van der Waals surface area contributed by atoms with Crippen molar-refractivity contribution in [1.29, 1.82) is 0 Å². The molecule has 0 aliphatic carbocycles. The van der Waals surface area contributed by atoms with E-state index in [0.29, 0.717) is 11.5 Å². The molecular weight excluding hydrogens is 944 g/mol. The van der Waals surface area contributed by atoms with Crippen molar-refractivity contribution in [2.75, 3.05) is 9.80 Å². The number of rotatable bonds is 7. The number of para-hydroxylation sites is 3. The molecule has 0 radical (unpaired) electrons. The minimum absolute atomic E-state index is 0. The fourth-order valence-corrected chi connectivity index (χ4v) is 8.57. The molecule has 10 rings (SSSR count). The van der Waals surface area contributed by atoms with Gasteiger partial charge in [0.15, 0.2) is 0 Å². The molecule has 9 aromatic rings. The molecule has 4 aromatic heterocycles. The predicted octanol–water partition coefficient (Wildman–Crippen LogP) is 13.6. The van der Waals surface area contributed by atoms with Gasteiger partial charge in [0.05, 0.1) is 0 Å². The minimum atomic E-state index is -0.0255. The first-order valence-electron chi connectivity index (χ1n) is 20.7. The number of hydrogen-bond donors (Lipinski definition) is 0. The number of fused-ring (bicyclic) bond motifs is 4. The number of nitrogens with zero attached hydrogens (tertiary/aromatic N) is 6. The zero-order valence-electron chi connectivity index (χ0n) is 35.8. The van der Waals surface area contributed by atoms with Gasteiger partial charge in [0.2, 0.25) is 0 Å². The van der Waals surface area contributed by atoms with Gasteiger partial charge in [-0.3, -0.25) is 9.97 Å². The predicted molar refractivity (Wildman–Crippen MR) is 248 cm³/mol. The molecule has 0 fully saturated rings. The second-order valence-corrected chi connectivity index (χ2v) is 16.9. The third-order valence-electron chi connectivity index (χ3n) is 11.3. The van der Waals surface area contributed by atoms with Crippen LogP contribution in [0.4, 0.5) is 22.7 Å². The Morgan fingerprint density at radius 3 is 1.95 bits per heavy atom. The SMILES string of the molecule is Cc1cc(-c2ccc(-c3cc(C)nc(C)c3)c(N3[CH-]N(c4[c-]c(Oc5[c-]c6c(cc5)c5ccccc5n6-c5cc(C(C)(C)C)ccn5)ccc4)c4ccccc43)c2)cc(C)n1.[Pt]. The maximum atomic E-state index is 6.62. The average molecular weight is 989 g/mol. The molecular formula is C54H45N6OPt-3. The minimum Gasteiger partial charge on any atom is -0.509 e. The van der Waals surface area contributed by atoms with E-state index in [1.807, 2.05) is 38.2 Å². The number of aryl methyl sites for hydroxylation is 4. The van der Waals surface area contributed by atoms with Gasteiger partial charge in [0.25, 0.3) is 0 Å². The Kier molecular flexibility index (Phi) is 10.6. The van der Waals surface area contributed by atoms with Gasteiger partial charge in [0.1, 0.15) is 5.82 Å². The van der Waals surface area contributed by atoms with Gasteiger partial charge >= 0.3 is 0 Å². The first-order valence-corrected chi connectivity index (χ1v) is 20.7. The Morgan fingerprint density at radius 2 is 1.23 bits per heavy atom. The Morgan fingerprint density at radius 1 is 0.565 bits per heavy atom. The van der Waals surface area contributed by atoms with Crippen LogP contribution in [-0.4, -0.2) is 19.5 Å². The third-order valence-corrected chi connectivity index (χ3v) is 11.3. The number of pyridine rings is 3. The molecule has 5 aromatic carbocycles. The molecule has 0 saturated carbocycles. The third kappa shape index (κ3) is 7.56. The molecule has 0 spiro atoms. The molecule has 1 aliphatic rings. The topological polar surface area (TPSA) is 59.3 Å². The van der Waals surface area contributed by atoms with Gasteiger partial charge in [0, 0.05) is 89.7 Å². The molecule has 0 atom stereocenters. The first-order chi connectivity index (χ1) is 29.5. The summed E-state index contributed by atoms with van der Waals surface area (Å²) in [6.45, 7) is 17.0. The Bertz CT molecular complexity index is 3120. The van der Waals surface area contributed by atoms with Crippen molar-refractivity contribution in [2.24, 2.45) is 0 Å². The van der Waals surface area contributed by atoms with E-state index in [0.717, 1.165) is 95.4 Å². The number of hydrogen-bond acceptors (Lipinski definition) is 6. The van der Waals surface area contributed by atoms with Crippen molar-refractivity contribution in [1.82, 2.24) is 19.5 Å². The van der Waals surface area contributed by atoms with E-state index >= 15 is 0 Å². The molecule has 0 bridgehead atoms. The van der Waals surface area contributed by atoms with Gasteiger partial charge < -0.3 is 19.1 Å². The van der Waals surface area contributed by atoms with E-state index in [1.54, 1.807) is 0 Å². The van der Waals surface area contributed by atoms with Crippen LogP contribution in [0.2, 0.25) is 0 Å². The number of anilines is 4. The summed E-state index contributed by atoms with van der Waals surface area (Å²) in [6, 6.07) is 53.9. The Labute approximate surface area is 378 Å². The van der Waals surface area contributed by atoms with Crippen LogP contribution < -0.4 is 14.5 Å². The second-order valence-electron chi connectivity index (χ2n) is 16.9. The van der Waals surface area contributed by atoms with Crippen LogP contribution in [0.5, 0.6) is 11.5 Å². The van der Waals surface area contributed by atoms with Crippen LogP contribution in [0.3, 0.4) is 0 Å². The molecule has 0 amide bonds. The van der Waals surface area contributed by atoms with Gasteiger partial charge in [-0.05, 0) is 121 Å². The molecule has 310 valence electrons. The van der Waals surface area contributed by atoms with Gasteiger partial charge in [-0.1, -0.05) is 68.8 Å². The molecule has 7 nitrogen and oxygen atoms in total. The van der Waals surface area contributed by atoms with Crippen LogP contribution in [-0.2, 0) is 26.5 Å². The molecule has 0 saturated heterocycles. The molecule has 0 N–H and O–H groups in total. The fraction of sp³-hybridized carbons (Fsp3) is 0.148. The smallest absolute Gasteiger partial charge is 0.135 e. The van der Waals surface area contributed by atoms with Gasteiger partial charge in [-0.2, -0.15) is 12.1 Å². The standard InChI is InChI=1S/C54H45N6O.Pt/c1-34-25-39(26-35(2)56-34)38-19-21-45(40-27-36(3)57-37(4)28-40)51(29-38)59-33-58(49-17-10-11-18-50(49)59)42-13-12-14-43(31-42)61-44-20-22-47-46-15-8-9-16-48(46)60(52(47)32-44)53-30-41(23-24-55-53)54(5,6)7;/h8-30,33H,1-7H3;/q-3;. The summed E-state index contributed by atoms with van der Waals surface area (Å²) in [4.78, 5) is 18.7. The Hall–Kier alpha value is -6.56. The summed E-state index contributed by atoms with van der Waals surface area (Å²) in [6.07, 6.45) is 1.90. The maximum absolute atomic E-state index is 6.62. The van der Waals surface area contributed by atoms with E-state index < -0.39 is 0 Å². The van der Waals surface area contributed by atoms with Crippen molar-refractivity contribution < 1.29 is 25.8 Å². The zero-order valence-corrected chi connectivity index (χ0v) is 38.0. The second kappa shape index (κ2) is 16.0. The van der Waals surface area contributed by atoms with Crippen LogP contribution in [0.25, 0.3) is 49.9 Å². The van der Waals surface area contributed by atoms with Crippen LogP contribution in [0.1, 0.15) is 49.1 Å². The zero-order chi connectivity index (χ0) is 42.0. The van der Waals surface area contributed by atoms with Crippen molar-refractivity contribution in [3.8, 4) is 39.6 Å². The number of ether oxygens (including phenoxy) is 1. The summed E-state index contributed by atoms with van der Waals surface area (Å²) in [7, 11) is 0. The summed E-state index contributed by atoms with van der Waals surface area (Å²) in [5, 5.41) is 2.22. The van der Waals surface area contributed by atoms with Crippen molar-refractivity contribution in [3.05, 3.63) is 187 Å². The summed E-state index contributed by atoms with van der Waals surface area (Å²) >= 11 is 0. The van der Waals surface area contributed by atoms with E-state index in [9.17, 15) is 0 Å². The summed E-state index contributed by atoms with van der Waals surface area (Å²) in [5.41, 5.74) is 15.6. The monoisotopic (exact) mass is 988 g/mol. The Balaban J connectivity index is 0.00000490. The molecule has 8 heteroatoms. The van der Waals surface area contributed by atoms with E-state index in [2.05, 4.69) is 188 Å². The normalized spacial score (nSPS) is 12.5. The molecule has 5 heterocycles. The van der Waals surface area contributed by atoms with Crippen molar-refractivity contribution in [3.63, 3.8) is 0 Å². The average Bonchev–Trinajstić information content (AvgIpc) is 3.79. The first kappa shape index (κ1) is 40.8. The summed E-state index contributed by atoms with van der Waals surface area (Å²) < 4.78 is 8.81. The molecule has 1 aliphatic heterocycles. The molecule has 62 heavy (non-hydrogen) atoms. The largest absolute Gasteiger partial charge is 0.509 e. The van der Waals surface area contributed by atoms with E-state index in [-0.39, 0.29) is 26.5 Å². The van der Waals surface area contributed by atoms with Crippen molar-refractivity contribution in [2.45, 2.75) is 53.9 Å². The fourth-order valence-electron chi connectivity index (χ4n) is 8.57. The molecule has 0 unspecified atom stereocenters. The van der Waals surface area contributed by atoms with Crippen LogP contribution in [0, 0.1) is 46.5 Å².